The number of aromatic nitrogens is 1. The van der Waals surface area contributed by atoms with Gasteiger partial charge in [0.1, 0.15) is 11.6 Å². The van der Waals surface area contributed by atoms with Crippen molar-refractivity contribution in [2.24, 2.45) is 5.92 Å². The van der Waals surface area contributed by atoms with Crippen molar-refractivity contribution < 1.29 is 14.3 Å². The Morgan fingerprint density at radius 2 is 2.21 bits per heavy atom. The van der Waals surface area contributed by atoms with E-state index >= 15 is 0 Å². The molecule has 1 heterocycles. The first-order chi connectivity index (χ1) is 8.99. The third-order valence-corrected chi connectivity index (χ3v) is 3.04. The molecule has 4 nitrogen and oxygen atoms in total. The van der Waals surface area contributed by atoms with Crippen LogP contribution in [0, 0.1) is 11.7 Å². The second-order valence-electron chi connectivity index (χ2n) is 4.62. The van der Waals surface area contributed by atoms with Gasteiger partial charge in [-0.3, -0.25) is 4.79 Å². The van der Waals surface area contributed by atoms with Crippen LogP contribution < -0.4 is 4.90 Å². The molecular formula is C14H15FN2O2. The minimum atomic E-state index is -0.863. The molecule has 1 unspecified atom stereocenters. The summed E-state index contributed by atoms with van der Waals surface area (Å²) in [6.45, 7) is 1.95. The molecule has 19 heavy (non-hydrogen) atoms. The predicted molar refractivity (Wildman–Crippen MR) is 71.8 cm³/mol. The summed E-state index contributed by atoms with van der Waals surface area (Å²) in [5, 5.41) is 10.5. The number of rotatable bonds is 4. The van der Waals surface area contributed by atoms with Crippen molar-refractivity contribution in [2.75, 3.05) is 18.5 Å². The lowest BCUT2D eigenvalue weighted by Gasteiger charge is -2.21. The highest BCUT2D eigenvalue weighted by Gasteiger charge is 2.16. The van der Waals surface area contributed by atoms with Crippen molar-refractivity contribution in [1.29, 1.82) is 0 Å². The van der Waals surface area contributed by atoms with Crippen molar-refractivity contribution >= 4 is 22.6 Å². The molecule has 0 amide bonds. The number of fused-ring (bicyclic) bond motifs is 1. The van der Waals surface area contributed by atoms with Crippen molar-refractivity contribution in [3.05, 3.63) is 36.3 Å². The maximum Gasteiger partial charge on any atom is 0.308 e. The van der Waals surface area contributed by atoms with E-state index in [2.05, 4.69) is 4.98 Å². The Balaban J connectivity index is 2.38. The van der Waals surface area contributed by atoms with Crippen LogP contribution in [0.3, 0.4) is 0 Å². The van der Waals surface area contributed by atoms with Gasteiger partial charge < -0.3 is 10.0 Å². The zero-order chi connectivity index (χ0) is 14.0. The zero-order valence-corrected chi connectivity index (χ0v) is 10.8. The number of pyridine rings is 1. The fraction of sp³-hybridized carbons (Fsp3) is 0.286. The molecule has 0 spiro atoms. The van der Waals surface area contributed by atoms with Crippen molar-refractivity contribution in [3.63, 3.8) is 0 Å². The van der Waals surface area contributed by atoms with Crippen LogP contribution in [0.5, 0.6) is 0 Å². The molecule has 0 aliphatic carbocycles. The number of carboxylic acids is 1. The fourth-order valence-electron chi connectivity index (χ4n) is 2.00. The summed E-state index contributed by atoms with van der Waals surface area (Å²) in [5.41, 5.74) is 0. The quantitative estimate of drug-likeness (QED) is 0.920. The van der Waals surface area contributed by atoms with E-state index in [0.717, 1.165) is 5.39 Å². The molecule has 1 N–H and O–H groups in total. The highest BCUT2D eigenvalue weighted by atomic mass is 19.1. The summed E-state index contributed by atoms with van der Waals surface area (Å²) in [6.07, 6.45) is 1.64. The van der Waals surface area contributed by atoms with Gasteiger partial charge in [-0.1, -0.05) is 13.0 Å². The lowest BCUT2D eigenvalue weighted by atomic mass is 10.1. The van der Waals surface area contributed by atoms with Crippen LogP contribution in [0.2, 0.25) is 0 Å². The van der Waals surface area contributed by atoms with E-state index < -0.39 is 11.9 Å². The van der Waals surface area contributed by atoms with Crippen LogP contribution in [-0.4, -0.2) is 29.7 Å². The van der Waals surface area contributed by atoms with Gasteiger partial charge in [0.15, 0.2) is 0 Å². The lowest BCUT2D eigenvalue weighted by molar-refractivity contribution is -0.140. The molecule has 0 aliphatic rings. The Kier molecular flexibility index (Phi) is 3.64. The maximum atomic E-state index is 13.3. The molecule has 0 saturated heterocycles. The first kappa shape index (κ1) is 13.3. The summed E-state index contributed by atoms with van der Waals surface area (Å²) >= 11 is 0. The van der Waals surface area contributed by atoms with Gasteiger partial charge in [-0.25, -0.2) is 9.37 Å². The Hall–Kier alpha value is -2.17. The van der Waals surface area contributed by atoms with E-state index in [1.165, 1.54) is 12.1 Å². The van der Waals surface area contributed by atoms with Crippen LogP contribution in [0.25, 0.3) is 10.8 Å². The smallest absolute Gasteiger partial charge is 0.308 e. The Morgan fingerprint density at radius 1 is 1.47 bits per heavy atom. The molecule has 1 atom stereocenters. The monoisotopic (exact) mass is 262 g/mol. The number of halogens is 1. The van der Waals surface area contributed by atoms with Crippen molar-refractivity contribution in [1.82, 2.24) is 4.98 Å². The standard InChI is InChI=1S/C14H15FN2O2/c1-9(14(18)19)8-17(2)13-12-7-11(15)4-3-10(12)5-6-16-13/h3-7,9H,8H2,1-2H3,(H,18,19). The second-order valence-corrected chi connectivity index (χ2v) is 4.62. The van der Waals surface area contributed by atoms with E-state index in [-0.39, 0.29) is 5.82 Å². The first-order valence-corrected chi connectivity index (χ1v) is 5.97. The maximum absolute atomic E-state index is 13.3. The van der Waals surface area contributed by atoms with Crippen LogP contribution in [0.15, 0.2) is 30.5 Å². The molecule has 5 heteroatoms. The van der Waals surface area contributed by atoms with Crippen molar-refractivity contribution in [3.8, 4) is 0 Å². The first-order valence-electron chi connectivity index (χ1n) is 5.97. The van der Waals surface area contributed by atoms with Gasteiger partial charge >= 0.3 is 5.97 Å². The van der Waals surface area contributed by atoms with E-state index in [0.29, 0.717) is 17.7 Å². The number of carbonyl (C=O) groups is 1. The van der Waals surface area contributed by atoms with E-state index in [1.807, 2.05) is 0 Å². The number of nitrogens with zero attached hydrogens (tertiary/aromatic N) is 2. The van der Waals surface area contributed by atoms with Crippen molar-refractivity contribution in [2.45, 2.75) is 6.92 Å². The van der Waals surface area contributed by atoms with Gasteiger partial charge in [0.05, 0.1) is 5.92 Å². The average molecular weight is 262 g/mol. The average Bonchev–Trinajstić information content (AvgIpc) is 2.37. The Morgan fingerprint density at radius 3 is 2.89 bits per heavy atom. The number of aliphatic carboxylic acids is 1. The Bertz CT molecular complexity index is 615. The minimum Gasteiger partial charge on any atom is -0.481 e. The summed E-state index contributed by atoms with van der Waals surface area (Å²) < 4.78 is 13.3. The molecule has 1 aromatic heterocycles. The van der Waals surface area contributed by atoms with E-state index in [9.17, 15) is 9.18 Å². The van der Waals surface area contributed by atoms with Crippen LogP contribution in [0.1, 0.15) is 6.92 Å². The predicted octanol–water partition coefficient (Wildman–Crippen LogP) is 2.53. The molecule has 2 aromatic rings. The second kappa shape index (κ2) is 5.22. The van der Waals surface area contributed by atoms with Gasteiger partial charge in [0.2, 0.25) is 0 Å². The van der Waals surface area contributed by atoms with Gasteiger partial charge in [0.25, 0.3) is 0 Å². The molecule has 0 saturated carbocycles. The van der Waals surface area contributed by atoms with Gasteiger partial charge in [0, 0.05) is 25.2 Å². The summed E-state index contributed by atoms with van der Waals surface area (Å²) in [6, 6.07) is 6.29. The number of benzene rings is 1. The largest absolute Gasteiger partial charge is 0.481 e. The van der Waals surface area contributed by atoms with E-state index in [1.54, 1.807) is 37.2 Å². The molecule has 0 fully saturated rings. The number of hydrogen-bond donors (Lipinski definition) is 1. The van der Waals surface area contributed by atoms with Gasteiger partial charge in [-0.15, -0.1) is 0 Å². The van der Waals surface area contributed by atoms with Crippen LogP contribution >= 0.6 is 0 Å². The highest BCUT2D eigenvalue weighted by molar-refractivity contribution is 5.92. The highest BCUT2D eigenvalue weighted by Crippen LogP contribution is 2.24. The molecule has 1 aromatic carbocycles. The summed E-state index contributed by atoms with van der Waals surface area (Å²) in [7, 11) is 1.76. The molecule has 0 radical (unpaired) electrons. The van der Waals surface area contributed by atoms with Crippen LogP contribution in [-0.2, 0) is 4.79 Å². The lowest BCUT2D eigenvalue weighted by Crippen LogP contribution is -2.29. The molecular weight excluding hydrogens is 247 g/mol. The summed E-state index contributed by atoms with van der Waals surface area (Å²) in [5.74, 6) is -1.12. The molecule has 100 valence electrons. The van der Waals surface area contributed by atoms with E-state index in [4.69, 9.17) is 5.11 Å². The minimum absolute atomic E-state index is 0.317. The van der Waals surface area contributed by atoms with Gasteiger partial charge in [-0.05, 0) is 23.6 Å². The van der Waals surface area contributed by atoms with Gasteiger partial charge in [-0.2, -0.15) is 0 Å². The fourth-order valence-corrected chi connectivity index (χ4v) is 2.00. The number of hydrogen-bond acceptors (Lipinski definition) is 3. The number of anilines is 1. The van der Waals surface area contributed by atoms with Crippen LogP contribution in [0.4, 0.5) is 10.2 Å². The topological polar surface area (TPSA) is 53.4 Å². The molecule has 2 rings (SSSR count). The SMILES string of the molecule is CC(CN(C)c1nccc2ccc(F)cc12)C(=O)O. The molecule has 0 aliphatic heterocycles. The zero-order valence-electron chi connectivity index (χ0n) is 10.8. The summed E-state index contributed by atoms with van der Waals surface area (Å²) in [4.78, 5) is 16.8. The Labute approximate surface area is 110 Å². The normalized spacial score (nSPS) is 12.4. The molecule has 0 bridgehead atoms. The third-order valence-electron chi connectivity index (χ3n) is 3.04. The number of carboxylic acid groups (broad SMARTS) is 1. The third kappa shape index (κ3) is 2.81.